The van der Waals surface area contributed by atoms with Gasteiger partial charge in [-0.3, -0.25) is 9.59 Å². The molecule has 134 valence electrons. The van der Waals surface area contributed by atoms with Crippen LogP contribution >= 0.6 is 0 Å². The average molecular weight is 361 g/mol. The SMILES string of the molecule is Cn1nc(CNC(=O)c2cccc(-n3cnnn3)c2)c2ccccc2c1=O. The molecule has 9 nitrogen and oxygen atoms in total. The van der Waals surface area contributed by atoms with Crippen LogP contribution in [-0.4, -0.2) is 35.9 Å². The Labute approximate surface area is 153 Å². The van der Waals surface area contributed by atoms with E-state index >= 15 is 0 Å². The number of amides is 1. The lowest BCUT2D eigenvalue weighted by atomic mass is 10.1. The van der Waals surface area contributed by atoms with E-state index in [0.717, 1.165) is 5.39 Å². The Morgan fingerprint density at radius 2 is 1.93 bits per heavy atom. The molecule has 4 aromatic rings. The van der Waals surface area contributed by atoms with Crippen LogP contribution in [0.4, 0.5) is 0 Å². The molecule has 0 radical (unpaired) electrons. The van der Waals surface area contributed by atoms with Crippen molar-refractivity contribution in [3.63, 3.8) is 0 Å². The fraction of sp³-hybridized carbons (Fsp3) is 0.111. The Bertz CT molecular complexity index is 1180. The first-order valence-electron chi connectivity index (χ1n) is 8.20. The van der Waals surface area contributed by atoms with Gasteiger partial charge in [0.25, 0.3) is 11.5 Å². The molecule has 0 spiro atoms. The fourth-order valence-corrected chi connectivity index (χ4v) is 2.84. The Hall–Kier alpha value is -3.88. The molecule has 0 atom stereocenters. The van der Waals surface area contributed by atoms with Gasteiger partial charge in [0.15, 0.2) is 0 Å². The summed E-state index contributed by atoms with van der Waals surface area (Å²) in [4.78, 5) is 24.7. The van der Waals surface area contributed by atoms with Crippen molar-refractivity contribution in [2.24, 2.45) is 7.05 Å². The van der Waals surface area contributed by atoms with Gasteiger partial charge < -0.3 is 5.32 Å². The van der Waals surface area contributed by atoms with Gasteiger partial charge in [-0.15, -0.1) is 5.10 Å². The predicted octanol–water partition coefficient (Wildman–Crippen LogP) is 0.839. The highest BCUT2D eigenvalue weighted by Crippen LogP contribution is 2.13. The molecular formula is C18H15N7O2. The second-order valence-corrected chi connectivity index (χ2v) is 5.91. The van der Waals surface area contributed by atoms with Crippen molar-refractivity contribution in [2.45, 2.75) is 6.54 Å². The number of carbonyl (C=O) groups is 1. The summed E-state index contributed by atoms with van der Waals surface area (Å²) in [5.74, 6) is -0.260. The van der Waals surface area contributed by atoms with Crippen LogP contribution in [0.5, 0.6) is 0 Å². The van der Waals surface area contributed by atoms with Gasteiger partial charge in [-0.1, -0.05) is 24.3 Å². The van der Waals surface area contributed by atoms with Crippen LogP contribution in [0.2, 0.25) is 0 Å². The molecular weight excluding hydrogens is 346 g/mol. The number of fused-ring (bicyclic) bond motifs is 1. The standard InChI is InChI=1S/C18H15N7O2/c1-24-18(27)15-8-3-2-7-14(15)16(21-24)10-19-17(26)12-5-4-6-13(9-12)25-11-20-22-23-25/h2-9,11H,10H2,1H3,(H,19,26). The van der Waals surface area contributed by atoms with Gasteiger partial charge in [0.1, 0.15) is 6.33 Å². The van der Waals surface area contributed by atoms with E-state index in [0.29, 0.717) is 22.3 Å². The highest BCUT2D eigenvalue weighted by molar-refractivity contribution is 5.95. The van der Waals surface area contributed by atoms with Crippen LogP contribution < -0.4 is 10.9 Å². The third-order valence-electron chi connectivity index (χ3n) is 4.17. The Morgan fingerprint density at radius 1 is 1.11 bits per heavy atom. The quantitative estimate of drug-likeness (QED) is 0.577. The summed E-state index contributed by atoms with van der Waals surface area (Å²) in [6, 6.07) is 14.2. The highest BCUT2D eigenvalue weighted by atomic mass is 16.1. The first-order chi connectivity index (χ1) is 13.1. The lowest BCUT2D eigenvalue weighted by Gasteiger charge is -2.10. The maximum Gasteiger partial charge on any atom is 0.274 e. The van der Waals surface area contributed by atoms with Gasteiger partial charge in [0.05, 0.1) is 23.3 Å². The van der Waals surface area contributed by atoms with Crippen molar-refractivity contribution < 1.29 is 4.79 Å². The first kappa shape index (κ1) is 16.6. The summed E-state index contributed by atoms with van der Waals surface area (Å²) in [5, 5.41) is 19.4. The second kappa shape index (κ2) is 6.79. The molecule has 2 heterocycles. The van der Waals surface area contributed by atoms with Crippen molar-refractivity contribution in [3.8, 4) is 5.69 Å². The summed E-state index contributed by atoms with van der Waals surface area (Å²) in [6.45, 7) is 0.197. The number of aryl methyl sites for hydroxylation is 1. The highest BCUT2D eigenvalue weighted by Gasteiger charge is 2.11. The van der Waals surface area contributed by atoms with Crippen molar-refractivity contribution in [1.29, 1.82) is 0 Å². The largest absolute Gasteiger partial charge is 0.346 e. The van der Waals surface area contributed by atoms with Gasteiger partial charge in [-0.05, 0) is 34.7 Å². The van der Waals surface area contributed by atoms with Crippen molar-refractivity contribution in [2.75, 3.05) is 0 Å². The average Bonchev–Trinajstić information content (AvgIpc) is 3.24. The summed E-state index contributed by atoms with van der Waals surface area (Å²) in [5.41, 5.74) is 1.60. The Balaban J connectivity index is 1.59. The van der Waals surface area contributed by atoms with E-state index in [-0.39, 0.29) is 18.0 Å². The molecule has 0 fully saturated rings. The van der Waals surface area contributed by atoms with Crippen molar-refractivity contribution in [1.82, 2.24) is 35.3 Å². The molecule has 4 rings (SSSR count). The van der Waals surface area contributed by atoms with Crippen LogP contribution in [0.25, 0.3) is 16.5 Å². The van der Waals surface area contributed by atoms with E-state index in [9.17, 15) is 9.59 Å². The van der Waals surface area contributed by atoms with Crippen LogP contribution in [0.1, 0.15) is 16.1 Å². The summed E-state index contributed by atoms with van der Waals surface area (Å²) in [7, 11) is 1.59. The molecule has 0 saturated heterocycles. The smallest absolute Gasteiger partial charge is 0.274 e. The lowest BCUT2D eigenvalue weighted by molar-refractivity contribution is 0.0950. The van der Waals surface area contributed by atoms with Crippen LogP contribution in [0.3, 0.4) is 0 Å². The van der Waals surface area contributed by atoms with Crippen LogP contribution in [0.15, 0.2) is 59.7 Å². The van der Waals surface area contributed by atoms with E-state index in [1.54, 1.807) is 43.4 Å². The van der Waals surface area contributed by atoms with Gasteiger partial charge >= 0.3 is 0 Å². The van der Waals surface area contributed by atoms with E-state index in [1.165, 1.54) is 15.7 Å². The number of benzene rings is 2. The molecule has 0 aliphatic carbocycles. The number of tetrazole rings is 1. The molecule has 2 aromatic heterocycles. The zero-order chi connectivity index (χ0) is 18.8. The van der Waals surface area contributed by atoms with Gasteiger partial charge in [0, 0.05) is 18.0 Å². The molecule has 0 saturated carbocycles. The molecule has 1 N–H and O–H groups in total. The van der Waals surface area contributed by atoms with Gasteiger partial charge in [0.2, 0.25) is 0 Å². The first-order valence-corrected chi connectivity index (χ1v) is 8.20. The van der Waals surface area contributed by atoms with Crippen molar-refractivity contribution >= 4 is 16.7 Å². The van der Waals surface area contributed by atoms with Crippen molar-refractivity contribution in [3.05, 3.63) is 76.5 Å². The Morgan fingerprint density at radius 3 is 2.70 bits per heavy atom. The lowest BCUT2D eigenvalue weighted by Crippen LogP contribution is -2.27. The number of hydrogen-bond donors (Lipinski definition) is 1. The number of rotatable bonds is 4. The van der Waals surface area contributed by atoms with E-state index in [2.05, 4.69) is 25.9 Å². The minimum Gasteiger partial charge on any atom is -0.346 e. The van der Waals surface area contributed by atoms with Crippen LogP contribution in [0, 0.1) is 0 Å². The van der Waals surface area contributed by atoms with Gasteiger partial charge in [-0.2, -0.15) is 5.10 Å². The normalized spacial score (nSPS) is 10.9. The fourth-order valence-electron chi connectivity index (χ4n) is 2.84. The summed E-state index contributed by atoms with van der Waals surface area (Å²) < 4.78 is 2.75. The molecule has 2 aromatic carbocycles. The molecule has 0 aliphatic rings. The van der Waals surface area contributed by atoms with E-state index < -0.39 is 0 Å². The zero-order valence-electron chi connectivity index (χ0n) is 14.4. The zero-order valence-corrected chi connectivity index (χ0v) is 14.4. The number of nitrogens with zero attached hydrogens (tertiary/aromatic N) is 6. The predicted molar refractivity (Wildman–Crippen MR) is 97.3 cm³/mol. The maximum atomic E-state index is 12.6. The maximum absolute atomic E-state index is 12.6. The Kier molecular flexibility index (Phi) is 4.17. The topological polar surface area (TPSA) is 108 Å². The molecule has 0 unspecified atom stereocenters. The molecule has 1 amide bonds. The summed E-state index contributed by atoms with van der Waals surface area (Å²) >= 11 is 0. The number of aromatic nitrogens is 6. The number of hydrogen-bond acceptors (Lipinski definition) is 6. The second-order valence-electron chi connectivity index (χ2n) is 5.91. The molecule has 0 bridgehead atoms. The molecule has 9 heteroatoms. The minimum absolute atomic E-state index is 0.171. The van der Waals surface area contributed by atoms with Gasteiger partial charge in [-0.25, -0.2) is 9.36 Å². The minimum atomic E-state index is -0.260. The third kappa shape index (κ3) is 3.17. The molecule has 27 heavy (non-hydrogen) atoms. The van der Waals surface area contributed by atoms with E-state index in [4.69, 9.17) is 0 Å². The van der Waals surface area contributed by atoms with E-state index in [1.807, 2.05) is 12.1 Å². The summed E-state index contributed by atoms with van der Waals surface area (Å²) in [6.07, 6.45) is 1.46. The monoisotopic (exact) mass is 361 g/mol. The third-order valence-corrected chi connectivity index (χ3v) is 4.17. The molecule has 0 aliphatic heterocycles. The number of nitrogens with one attached hydrogen (secondary N) is 1. The van der Waals surface area contributed by atoms with Crippen LogP contribution in [-0.2, 0) is 13.6 Å². The number of carbonyl (C=O) groups excluding carboxylic acids is 1.